The van der Waals surface area contributed by atoms with Crippen LogP contribution in [0.3, 0.4) is 0 Å². The monoisotopic (exact) mass is 366 g/mol. The van der Waals surface area contributed by atoms with E-state index in [2.05, 4.69) is 34.5 Å². The van der Waals surface area contributed by atoms with Gasteiger partial charge in [0.25, 0.3) is 0 Å². The molecular weight excluding hydrogens is 341 g/mol. The van der Waals surface area contributed by atoms with E-state index in [0.717, 1.165) is 23.1 Å². The molecule has 1 heterocycles. The highest BCUT2D eigenvalue weighted by atomic mass is 32.1. The molecule has 0 radical (unpaired) electrons. The minimum atomic E-state index is -4.40. The molecule has 1 atom stereocenters. The Labute approximate surface area is 144 Å². The Morgan fingerprint density at radius 3 is 2.58 bits per heavy atom. The van der Waals surface area contributed by atoms with Crippen LogP contribution in [0.15, 0.2) is 10.4 Å². The third kappa shape index (κ3) is 7.04. The highest BCUT2D eigenvalue weighted by Gasteiger charge is 2.33. The topological polar surface area (TPSA) is 58.5 Å². The van der Waals surface area contributed by atoms with Gasteiger partial charge in [-0.05, 0) is 19.3 Å². The van der Waals surface area contributed by atoms with Gasteiger partial charge >= 0.3 is 6.18 Å². The highest BCUT2D eigenvalue weighted by Crippen LogP contribution is 2.29. The first-order valence-corrected chi connectivity index (χ1v) is 8.73. The predicted molar refractivity (Wildman–Crippen MR) is 90.2 cm³/mol. The van der Waals surface area contributed by atoms with Crippen molar-refractivity contribution in [2.75, 3.05) is 20.2 Å². The van der Waals surface area contributed by atoms with E-state index in [4.69, 9.17) is 4.74 Å². The standard InChI is InChI=1S/C15H25F3N4OS/c1-5-23-11(10(2)3)6-7-20-14(19-4)21-8-13-22-12(9-24-13)15(16,17)18/h9-11H,5-8H2,1-4H3,(H2,19,20,21). The van der Waals surface area contributed by atoms with Gasteiger partial charge in [-0.15, -0.1) is 11.3 Å². The van der Waals surface area contributed by atoms with E-state index < -0.39 is 11.9 Å². The Morgan fingerprint density at radius 2 is 2.08 bits per heavy atom. The number of ether oxygens (including phenoxy) is 1. The van der Waals surface area contributed by atoms with Crippen LogP contribution in [0.25, 0.3) is 0 Å². The molecule has 2 N–H and O–H groups in total. The maximum Gasteiger partial charge on any atom is 0.434 e. The Balaban J connectivity index is 2.41. The summed E-state index contributed by atoms with van der Waals surface area (Å²) in [6, 6.07) is 0. The van der Waals surface area contributed by atoms with Gasteiger partial charge < -0.3 is 15.4 Å². The van der Waals surface area contributed by atoms with Crippen molar-refractivity contribution in [1.29, 1.82) is 0 Å². The third-order valence-corrected chi connectivity index (χ3v) is 4.17. The molecule has 9 heteroatoms. The van der Waals surface area contributed by atoms with Crippen molar-refractivity contribution >= 4 is 17.3 Å². The predicted octanol–water partition coefficient (Wildman–Crippen LogP) is 3.28. The first-order valence-electron chi connectivity index (χ1n) is 7.85. The van der Waals surface area contributed by atoms with Crippen LogP contribution in [0.5, 0.6) is 0 Å². The zero-order chi connectivity index (χ0) is 18.2. The number of rotatable bonds is 8. The van der Waals surface area contributed by atoms with E-state index in [1.165, 1.54) is 0 Å². The maximum absolute atomic E-state index is 12.5. The quantitative estimate of drug-likeness (QED) is 0.548. The molecule has 0 fully saturated rings. The highest BCUT2D eigenvalue weighted by molar-refractivity contribution is 7.09. The second kappa shape index (κ2) is 9.83. The first kappa shape index (κ1) is 20.7. The van der Waals surface area contributed by atoms with E-state index in [9.17, 15) is 13.2 Å². The number of hydrogen-bond acceptors (Lipinski definition) is 4. The summed E-state index contributed by atoms with van der Waals surface area (Å²) in [4.78, 5) is 7.63. The second-order valence-corrected chi connectivity index (χ2v) is 6.45. The fourth-order valence-corrected chi connectivity index (χ4v) is 2.80. The molecular formula is C15H25F3N4OS. The number of thiazole rings is 1. The summed E-state index contributed by atoms with van der Waals surface area (Å²) in [6.45, 7) is 7.70. The molecule has 1 rings (SSSR count). The van der Waals surface area contributed by atoms with Crippen molar-refractivity contribution in [2.24, 2.45) is 10.9 Å². The van der Waals surface area contributed by atoms with Crippen molar-refractivity contribution in [2.45, 2.75) is 46.0 Å². The molecule has 138 valence electrons. The maximum atomic E-state index is 12.5. The molecule has 1 aromatic rings. The van der Waals surface area contributed by atoms with Crippen LogP contribution in [0.4, 0.5) is 13.2 Å². The Kier molecular flexibility index (Phi) is 8.47. The first-order chi connectivity index (χ1) is 11.3. The lowest BCUT2D eigenvalue weighted by Gasteiger charge is -2.21. The Bertz CT molecular complexity index is 517. The van der Waals surface area contributed by atoms with Crippen molar-refractivity contribution in [1.82, 2.24) is 15.6 Å². The van der Waals surface area contributed by atoms with Gasteiger partial charge in [0.15, 0.2) is 11.7 Å². The van der Waals surface area contributed by atoms with Crippen LogP contribution in [0.1, 0.15) is 37.9 Å². The van der Waals surface area contributed by atoms with Gasteiger partial charge in [-0.1, -0.05) is 13.8 Å². The second-order valence-electron chi connectivity index (χ2n) is 5.50. The molecule has 1 unspecified atom stereocenters. The van der Waals surface area contributed by atoms with Crippen molar-refractivity contribution in [3.05, 3.63) is 16.1 Å². The van der Waals surface area contributed by atoms with Gasteiger partial charge in [-0.3, -0.25) is 4.99 Å². The number of aromatic nitrogens is 1. The van der Waals surface area contributed by atoms with Crippen LogP contribution >= 0.6 is 11.3 Å². The number of hydrogen-bond donors (Lipinski definition) is 2. The molecule has 0 aliphatic heterocycles. The summed E-state index contributed by atoms with van der Waals surface area (Å²) in [7, 11) is 1.61. The number of nitrogens with zero attached hydrogens (tertiary/aromatic N) is 2. The van der Waals surface area contributed by atoms with Crippen molar-refractivity contribution in [3.8, 4) is 0 Å². The molecule has 0 amide bonds. The molecule has 0 aliphatic rings. The van der Waals surface area contributed by atoms with E-state index in [0.29, 0.717) is 30.0 Å². The number of aliphatic imine (C=N–C) groups is 1. The lowest BCUT2D eigenvalue weighted by atomic mass is 10.0. The van der Waals surface area contributed by atoms with E-state index in [1.54, 1.807) is 7.05 Å². The average molecular weight is 366 g/mol. The minimum absolute atomic E-state index is 0.161. The summed E-state index contributed by atoms with van der Waals surface area (Å²) in [6.07, 6.45) is -3.42. The third-order valence-electron chi connectivity index (χ3n) is 3.32. The fraction of sp³-hybridized carbons (Fsp3) is 0.733. The van der Waals surface area contributed by atoms with Gasteiger partial charge in [0.1, 0.15) is 5.01 Å². The average Bonchev–Trinajstić information content (AvgIpc) is 2.98. The molecule has 0 saturated heterocycles. The normalized spacial score (nSPS) is 14.1. The molecule has 0 spiro atoms. The summed E-state index contributed by atoms with van der Waals surface area (Å²) in [5, 5.41) is 7.48. The van der Waals surface area contributed by atoms with Crippen molar-refractivity contribution < 1.29 is 17.9 Å². The number of guanidine groups is 1. The zero-order valence-electron chi connectivity index (χ0n) is 14.4. The summed E-state index contributed by atoms with van der Waals surface area (Å²) >= 11 is 0.972. The number of halogens is 3. The van der Waals surface area contributed by atoms with Crippen LogP contribution in [-0.2, 0) is 17.5 Å². The van der Waals surface area contributed by atoms with Crippen LogP contribution in [0, 0.1) is 5.92 Å². The molecule has 5 nitrogen and oxygen atoms in total. The summed E-state index contributed by atoms with van der Waals surface area (Å²) < 4.78 is 43.2. The van der Waals surface area contributed by atoms with Crippen LogP contribution in [-0.4, -0.2) is 37.2 Å². The fourth-order valence-electron chi connectivity index (χ4n) is 2.06. The summed E-state index contributed by atoms with van der Waals surface area (Å²) in [5.74, 6) is 0.940. The lowest BCUT2D eigenvalue weighted by Crippen LogP contribution is -2.38. The van der Waals surface area contributed by atoms with Gasteiger partial charge in [0, 0.05) is 25.6 Å². The number of nitrogens with one attached hydrogen (secondary N) is 2. The smallest absolute Gasteiger partial charge is 0.378 e. The largest absolute Gasteiger partial charge is 0.434 e. The van der Waals surface area contributed by atoms with E-state index >= 15 is 0 Å². The van der Waals surface area contributed by atoms with Crippen LogP contribution < -0.4 is 10.6 Å². The molecule has 24 heavy (non-hydrogen) atoms. The van der Waals surface area contributed by atoms with Gasteiger partial charge in [0.2, 0.25) is 0 Å². The molecule has 1 aromatic heterocycles. The van der Waals surface area contributed by atoms with Gasteiger partial charge in [-0.25, -0.2) is 4.98 Å². The lowest BCUT2D eigenvalue weighted by molar-refractivity contribution is -0.140. The Hall–Kier alpha value is -1.35. The molecule has 0 aliphatic carbocycles. The molecule has 0 aromatic carbocycles. The van der Waals surface area contributed by atoms with E-state index in [1.807, 2.05) is 6.92 Å². The van der Waals surface area contributed by atoms with Gasteiger partial charge in [-0.2, -0.15) is 13.2 Å². The zero-order valence-corrected chi connectivity index (χ0v) is 15.2. The Morgan fingerprint density at radius 1 is 1.38 bits per heavy atom. The van der Waals surface area contributed by atoms with Gasteiger partial charge in [0.05, 0.1) is 12.6 Å². The number of alkyl halides is 3. The minimum Gasteiger partial charge on any atom is -0.378 e. The molecule has 0 bridgehead atoms. The van der Waals surface area contributed by atoms with Crippen LogP contribution in [0.2, 0.25) is 0 Å². The summed E-state index contributed by atoms with van der Waals surface area (Å²) in [5.41, 5.74) is -0.858. The van der Waals surface area contributed by atoms with E-state index in [-0.39, 0.29) is 12.6 Å². The SMILES string of the molecule is CCOC(CCNC(=NC)NCc1nc(C(F)(F)F)cs1)C(C)C. The molecule has 0 saturated carbocycles. The van der Waals surface area contributed by atoms with Crippen molar-refractivity contribution in [3.63, 3.8) is 0 Å².